The Morgan fingerprint density at radius 3 is 1.26 bits per heavy atom. The molecular formula is C40H39Cl2F6HfSi. The van der Waals surface area contributed by atoms with Crippen LogP contribution in [0.15, 0.2) is 96.1 Å². The van der Waals surface area contributed by atoms with Crippen molar-refractivity contribution >= 4 is 35.3 Å². The zero-order chi connectivity index (χ0) is 36.2. The maximum atomic E-state index is 14.3. The van der Waals surface area contributed by atoms with Crippen LogP contribution in [0.4, 0.5) is 26.3 Å². The summed E-state index contributed by atoms with van der Waals surface area (Å²) in [5.74, 6) is -2.01. The molecule has 4 aromatic rings. The molecule has 50 heavy (non-hydrogen) atoms. The van der Waals surface area contributed by atoms with Crippen LogP contribution in [-0.2, 0) is 27.7 Å². The molecule has 6 rings (SSSR count). The van der Waals surface area contributed by atoms with Gasteiger partial charge in [-0.3, -0.25) is 0 Å². The van der Waals surface area contributed by atoms with Crippen LogP contribution in [-0.4, -0.2) is 5.98 Å². The summed E-state index contributed by atoms with van der Waals surface area (Å²) in [5, 5.41) is 0. The molecule has 4 aromatic carbocycles. The van der Waals surface area contributed by atoms with Gasteiger partial charge >= 0.3 is 301 Å². The van der Waals surface area contributed by atoms with Crippen molar-refractivity contribution in [2.75, 3.05) is 0 Å². The molecule has 0 saturated carbocycles. The van der Waals surface area contributed by atoms with Crippen LogP contribution in [0.5, 0.6) is 0 Å². The first-order valence-corrected chi connectivity index (χ1v) is 39.3. The first-order valence-electron chi connectivity index (χ1n) is 17.1. The molecule has 0 radical (unpaired) electrons. The number of fused-ring (bicyclic) bond motifs is 2. The van der Waals surface area contributed by atoms with Crippen molar-refractivity contribution in [3.05, 3.63) is 129 Å². The Morgan fingerprint density at radius 2 is 0.920 bits per heavy atom. The summed E-state index contributed by atoms with van der Waals surface area (Å²) in [6.07, 6.45) is -2.06. The molecular weight excluding hydrogens is 872 g/mol. The Bertz CT molecular complexity index is 1870. The standard InChI is InChI=1S/2C19H16F3.C2H7Si.2ClH.Hf/c2*1-2-6-13-11-14-7-5-9-15(17(14)12-13)16-8-3-4-10-18(16)19(20,21)22;1-3-2;;;/h2*3-5,7-12H,2,6H2,1H3;3H,1-2H3;2*1H;/q;;;;;+2/p-2. The summed E-state index contributed by atoms with van der Waals surface area (Å²) in [6, 6.07) is 22.3. The van der Waals surface area contributed by atoms with E-state index in [-0.39, 0.29) is 18.5 Å². The van der Waals surface area contributed by atoms with Gasteiger partial charge in [-0.25, -0.2) is 0 Å². The second-order valence-corrected chi connectivity index (χ2v) is 73.2. The van der Waals surface area contributed by atoms with E-state index in [1.807, 2.05) is 24.3 Å². The second kappa shape index (κ2) is 13.5. The number of allylic oxidation sites excluding steroid dienone is 2. The van der Waals surface area contributed by atoms with E-state index in [1.165, 1.54) is 24.3 Å². The van der Waals surface area contributed by atoms with Crippen LogP contribution in [0.2, 0.25) is 13.1 Å². The number of halogens is 8. The van der Waals surface area contributed by atoms with Crippen LogP contribution in [0.3, 0.4) is 0 Å². The second-order valence-electron chi connectivity index (χ2n) is 13.9. The van der Waals surface area contributed by atoms with Crippen LogP contribution in [0.1, 0.15) is 80.3 Å². The van der Waals surface area contributed by atoms with Crippen molar-refractivity contribution in [3.8, 4) is 22.3 Å². The summed E-state index contributed by atoms with van der Waals surface area (Å²) in [4.78, 5) is 0. The van der Waals surface area contributed by atoms with Gasteiger partial charge < -0.3 is 0 Å². The molecule has 263 valence electrons. The zero-order valence-corrected chi connectivity index (χ0v) is 34.6. The summed E-state index contributed by atoms with van der Waals surface area (Å²) in [5.41, 5.74) is 5.08. The molecule has 2 aliphatic carbocycles. The Balaban J connectivity index is 1.62. The molecule has 0 saturated heterocycles. The fourth-order valence-corrected chi connectivity index (χ4v) is 53.1. The molecule has 0 N–H and O–H groups in total. The third-order valence-electron chi connectivity index (χ3n) is 10.6. The first-order chi connectivity index (χ1) is 23.5. The van der Waals surface area contributed by atoms with Crippen molar-refractivity contribution in [2.45, 2.75) is 72.3 Å². The van der Waals surface area contributed by atoms with E-state index in [9.17, 15) is 26.3 Å². The van der Waals surface area contributed by atoms with Crippen molar-refractivity contribution < 1.29 is 41.6 Å². The van der Waals surface area contributed by atoms with Gasteiger partial charge in [-0.1, -0.05) is 0 Å². The Morgan fingerprint density at radius 1 is 0.560 bits per heavy atom. The molecule has 2 unspecified atom stereocenters. The van der Waals surface area contributed by atoms with Crippen molar-refractivity contribution in [1.29, 1.82) is 0 Å². The van der Waals surface area contributed by atoms with Gasteiger partial charge in [-0.2, -0.15) is 0 Å². The molecule has 10 heteroatoms. The van der Waals surface area contributed by atoms with Gasteiger partial charge in [0, 0.05) is 0 Å². The van der Waals surface area contributed by atoms with E-state index >= 15 is 0 Å². The van der Waals surface area contributed by atoms with Crippen molar-refractivity contribution in [3.63, 3.8) is 0 Å². The molecule has 0 bridgehead atoms. The van der Waals surface area contributed by atoms with E-state index in [0.29, 0.717) is 24.0 Å². The summed E-state index contributed by atoms with van der Waals surface area (Å²) < 4.78 is 85.2. The molecule has 0 nitrogen and oxygen atoms in total. The normalized spacial score (nSPS) is 18.4. The van der Waals surface area contributed by atoms with Gasteiger partial charge in [0.2, 0.25) is 0 Å². The molecule has 0 heterocycles. The van der Waals surface area contributed by atoms with E-state index < -0.39 is 44.8 Å². The van der Waals surface area contributed by atoms with Crippen LogP contribution < -0.4 is 0 Å². The molecule has 2 atom stereocenters. The SMILES string of the molecule is CCCC1=Cc2c(-c3ccccc3C(F)(F)F)cccc2[CH]1[Hf]([Cl])([Cl])([CH]1C(CCC)=Cc2c(-c3ccccc3C(F)(F)F)cccc21)[SiH](C)C. The fourth-order valence-electron chi connectivity index (χ4n) is 8.48. The predicted octanol–water partition coefficient (Wildman–Crippen LogP) is 14.2. The van der Waals surface area contributed by atoms with E-state index in [0.717, 1.165) is 58.4 Å². The van der Waals surface area contributed by atoms with Crippen molar-refractivity contribution in [1.82, 2.24) is 0 Å². The van der Waals surface area contributed by atoms with E-state index in [4.69, 9.17) is 17.2 Å². The first kappa shape index (κ1) is 37.4. The van der Waals surface area contributed by atoms with Crippen molar-refractivity contribution in [2.24, 2.45) is 0 Å². The van der Waals surface area contributed by atoms with Crippen LogP contribution in [0, 0.1) is 0 Å². The molecule has 0 fully saturated rings. The number of hydrogen-bond acceptors (Lipinski definition) is 0. The minimum absolute atomic E-state index is 0.109. The average molecular weight is 911 g/mol. The molecule has 0 amide bonds. The summed E-state index contributed by atoms with van der Waals surface area (Å²) in [6.45, 7) is 8.51. The van der Waals surface area contributed by atoms with E-state index in [1.54, 1.807) is 36.4 Å². The van der Waals surface area contributed by atoms with Crippen LogP contribution in [0.25, 0.3) is 34.4 Å². The Kier molecular flexibility index (Phi) is 10.1. The fraction of sp³-hybridized carbons (Fsp3) is 0.300. The average Bonchev–Trinajstić information content (AvgIpc) is 3.63. The molecule has 2 aliphatic rings. The van der Waals surface area contributed by atoms with Gasteiger partial charge in [-0.15, -0.1) is 0 Å². The summed E-state index contributed by atoms with van der Waals surface area (Å²) >= 11 is -5.50. The maximum absolute atomic E-state index is 14.3. The van der Waals surface area contributed by atoms with Gasteiger partial charge in [0.05, 0.1) is 0 Å². The van der Waals surface area contributed by atoms with Crippen LogP contribution >= 0.6 is 17.2 Å². The topological polar surface area (TPSA) is 0 Å². The van der Waals surface area contributed by atoms with Gasteiger partial charge in [0.1, 0.15) is 0 Å². The third-order valence-corrected chi connectivity index (χ3v) is 83.5. The third kappa shape index (κ3) is 6.14. The molecule has 0 spiro atoms. The number of rotatable bonds is 9. The number of benzene rings is 4. The predicted molar refractivity (Wildman–Crippen MR) is 196 cm³/mol. The Labute approximate surface area is 299 Å². The van der Waals surface area contributed by atoms with E-state index in [2.05, 4.69) is 26.9 Å². The quantitative estimate of drug-likeness (QED) is 0.116. The zero-order valence-electron chi connectivity index (χ0n) is 28.3. The molecule has 0 aliphatic heterocycles. The van der Waals surface area contributed by atoms with Gasteiger partial charge in [0.25, 0.3) is 0 Å². The number of alkyl halides is 6. The molecule has 0 aromatic heterocycles. The Hall–Kier alpha value is -2.39. The summed E-state index contributed by atoms with van der Waals surface area (Å²) in [7, 11) is 16.9. The minimum atomic E-state index is -5.50. The monoisotopic (exact) mass is 911 g/mol. The van der Waals surface area contributed by atoms with Gasteiger partial charge in [0.15, 0.2) is 0 Å². The number of hydrogen-bond donors (Lipinski definition) is 0. The van der Waals surface area contributed by atoms with Gasteiger partial charge in [-0.05, 0) is 0 Å².